The fraction of sp³-hybridized carbons (Fsp3) is 0.607. The Labute approximate surface area is 233 Å². The van der Waals surface area contributed by atoms with Crippen LogP contribution in [0.25, 0.3) is 10.2 Å². The Balaban J connectivity index is 1.30. The second-order valence-corrected chi connectivity index (χ2v) is 12.2. The van der Waals surface area contributed by atoms with Crippen LogP contribution >= 0.6 is 11.3 Å². The molecular weight excluding hydrogens is 514 g/mol. The molecule has 2 saturated heterocycles. The van der Waals surface area contributed by atoms with E-state index in [9.17, 15) is 14.4 Å². The van der Waals surface area contributed by atoms with Gasteiger partial charge in [0.25, 0.3) is 11.8 Å². The number of pyridine rings is 1. The van der Waals surface area contributed by atoms with Gasteiger partial charge in [0.05, 0.1) is 5.56 Å². The topological polar surface area (TPSA) is 110 Å². The molecule has 1 spiro atoms. The molecule has 11 heteroatoms. The maximum Gasteiger partial charge on any atom is 0.319 e. The summed E-state index contributed by atoms with van der Waals surface area (Å²) in [6, 6.07) is 3.90. The smallest absolute Gasteiger partial charge is 0.319 e. The minimum atomic E-state index is -0.667. The summed E-state index contributed by atoms with van der Waals surface area (Å²) in [6.07, 6.45) is 3.41. The highest BCUT2D eigenvalue weighted by Gasteiger charge is 2.51. The molecule has 10 nitrogen and oxygen atoms in total. The van der Waals surface area contributed by atoms with Crippen molar-refractivity contribution in [2.75, 3.05) is 38.0 Å². The van der Waals surface area contributed by atoms with Crippen molar-refractivity contribution in [1.29, 1.82) is 0 Å². The molecule has 210 valence electrons. The first-order valence-corrected chi connectivity index (χ1v) is 14.8. The van der Waals surface area contributed by atoms with Gasteiger partial charge in [-0.15, -0.1) is 0 Å². The number of amidine groups is 1. The number of thiophene rings is 1. The minimum absolute atomic E-state index is 0.0777. The van der Waals surface area contributed by atoms with Crippen LogP contribution in [0.4, 0.5) is 9.80 Å². The third-order valence-corrected chi connectivity index (χ3v) is 9.11. The molecule has 5 heterocycles. The maximum atomic E-state index is 13.8. The number of nitrogens with one attached hydrogen (secondary N) is 2. The van der Waals surface area contributed by atoms with Crippen LogP contribution in [0.2, 0.25) is 0 Å². The van der Waals surface area contributed by atoms with E-state index < -0.39 is 5.54 Å². The summed E-state index contributed by atoms with van der Waals surface area (Å²) in [6.45, 7) is 13.1. The van der Waals surface area contributed by atoms with Gasteiger partial charge in [-0.2, -0.15) is 0 Å². The molecule has 0 saturated carbocycles. The second kappa shape index (κ2) is 10.8. The Hall–Kier alpha value is -3.05. The predicted octanol–water partition coefficient (Wildman–Crippen LogP) is 3.85. The van der Waals surface area contributed by atoms with Crippen LogP contribution in [0, 0.1) is 6.92 Å². The molecular formula is C28H39N7O3S. The molecule has 3 aliphatic rings. The Bertz CT molecular complexity index is 1310. The van der Waals surface area contributed by atoms with Gasteiger partial charge in [-0.3, -0.25) is 29.7 Å². The van der Waals surface area contributed by atoms with E-state index >= 15 is 0 Å². The van der Waals surface area contributed by atoms with Crippen LogP contribution in [0.5, 0.6) is 0 Å². The number of piperidine rings is 2. The molecule has 0 aliphatic carbocycles. The number of carbonyl (C=O) groups is 3. The number of hydrogen-bond acceptors (Lipinski definition) is 7. The number of fused-ring (bicyclic) bond motifs is 1. The Morgan fingerprint density at radius 2 is 1.92 bits per heavy atom. The average molecular weight is 554 g/mol. The summed E-state index contributed by atoms with van der Waals surface area (Å²) in [5.74, 6) is 0.876. The normalized spacial score (nSPS) is 22.7. The molecule has 0 aromatic carbocycles. The van der Waals surface area contributed by atoms with E-state index in [4.69, 9.17) is 4.99 Å². The zero-order valence-corrected chi connectivity index (χ0v) is 24.4. The highest BCUT2D eigenvalue weighted by Crippen LogP contribution is 2.38. The van der Waals surface area contributed by atoms with E-state index in [2.05, 4.69) is 20.5 Å². The SMILES string of the molecule is CCNC(=O)Nc1sc2nc(C)ccc2c1C(=O)N1CCC(N2CCCC3(C2)N=C(C)N(C(C)C)C3=O)CC1. The lowest BCUT2D eigenvalue weighted by atomic mass is 9.87. The van der Waals surface area contributed by atoms with Crippen LogP contribution in [0.1, 0.15) is 69.4 Å². The van der Waals surface area contributed by atoms with Gasteiger partial charge in [0.2, 0.25) is 0 Å². The van der Waals surface area contributed by atoms with Crippen molar-refractivity contribution in [1.82, 2.24) is 25.0 Å². The van der Waals surface area contributed by atoms with Gasteiger partial charge in [-0.05, 0) is 79.0 Å². The summed E-state index contributed by atoms with van der Waals surface area (Å²) in [5, 5.41) is 6.91. The van der Waals surface area contributed by atoms with Gasteiger partial charge in [-0.1, -0.05) is 11.3 Å². The lowest BCUT2D eigenvalue weighted by molar-refractivity contribution is -0.134. The number of anilines is 1. The molecule has 2 aromatic heterocycles. The number of aryl methyl sites for hydroxylation is 1. The van der Waals surface area contributed by atoms with E-state index in [-0.39, 0.29) is 23.9 Å². The van der Waals surface area contributed by atoms with E-state index in [1.807, 2.05) is 56.6 Å². The molecule has 2 aromatic rings. The van der Waals surface area contributed by atoms with E-state index in [1.54, 1.807) is 0 Å². The van der Waals surface area contributed by atoms with Crippen LogP contribution < -0.4 is 10.6 Å². The quantitative estimate of drug-likeness (QED) is 0.584. The van der Waals surface area contributed by atoms with Crippen molar-refractivity contribution in [2.45, 2.75) is 77.9 Å². The lowest BCUT2D eigenvalue weighted by Crippen LogP contribution is -2.58. The lowest BCUT2D eigenvalue weighted by Gasteiger charge is -2.44. The third-order valence-electron chi connectivity index (χ3n) is 8.10. The number of hydrogen-bond donors (Lipinski definition) is 2. The van der Waals surface area contributed by atoms with Crippen molar-refractivity contribution < 1.29 is 14.4 Å². The zero-order valence-electron chi connectivity index (χ0n) is 23.5. The number of urea groups is 1. The number of amides is 4. The molecule has 39 heavy (non-hydrogen) atoms. The number of rotatable bonds is 5. The summed E-state index contributed by atoms with van der Waals surface area (Å²) >= 11 is 1.33. The average Bonchev–Trinajstić information content (AvgIpc) is 3.36. The number of aliphatic imine (C=N–C) groups is 1. The van der Waals surface area contributed by atoms with Crippen LogP contribution in [-0.2, 0) is 4.79 Å². The minimum Gasteiger partial charge on any atom is -0.338 e. The third kappa shape index (κ3) is 5.14. The molecule has 3 aliphatic heterocycles. The second-order valence-electron chi connectivity index (χ2n) is 11.2. The van der Waals surface area contributed by atoms with Crippen molar-refractivity contribution in [3.63, 3.8) is 0 Å². The Kier molecular flexibility index (Phi) is 7.65. The first kappa shape index (κ1) is 27.5. The molecule has 5 rings (SSSR count). The van der Waals surface area contributed by atoms with Crippen molar-refractivity contribution in [3.8, 4) is 0 Å². The van der Waals surface area contributed by atoms with Crippen molar-refractivity contribution >= 4 is 50.2 Å². The van der Waals surface area contributed by atoms with E-state index in [0.717, 1.165) is 54.0 Å². The van der Waals surface area contributed by atoms with E-state index in [0.29, 0.717) is 42.8 Å². The fourth-order valence-corrected chi connectivity index (χ4v) is 7.41. The maximum absolute atomic E-state index is 13.8. The summed E-state index contributed by atoms with van der Waals surface area (Å²) in [4.78, 5) is 56.0. The van der Waals surface area contributed by atoms with Gasteiger partial charge in [0.1, 0.15) is 15.7 Å². The number of carbonyl (C=O) groups excluding carboxylic acids is 3. The van der Waals surface area contributed by atoms with Crippen LogP contribution in [-0.4, -0.2) is 93.7 Å². The zero-order chi connectivity index (χ0) is 27.9. The molecule has 1 unspecified atom stereocenters. The molecule has 1 atom stereocenters. The van der Waals surface area contributed by atoms with Gasteiger partial charge < -0.3 is 10.2 Å². The van der Waals surface area contributed by atoms with Gasteiger partial charge in [0, 0.05) is 49.3 Å². The molecule has 2 fully saturated rings. The Morgan fingerprint density at radius 3 is 2.59 bits per heavy atom. The highest BCUT2D eigenvalue weighted by molar-refractivity contribution is 7.23. The predicted molar refractivity (Wildman–Crippen MR) is 155 cm³/mol. The fourth-order valence-electron chi connectivity index (χ4n) is 6.31. The number of likely N-dealkylation sites (tertiary alicyclic amines) is 2. The summed E-state index contributed by atoms with van der Waals surface area (Å²) in [7, 11) is 0. The molecule has 4 amide bonds. The number of aromatic nitrogens is 1. The standard InChI is InChI=1S/C28H39N7O3S/c1-6-29-27(38)31-24-22(21-9-8-18(4)30-23(21)39-24)25(36)33-14-10-20(11-15-33)34-13-7-12-28(16-34)26(37)35(17(2)3)19(5)32-28/h8-9,17,20H,6-7,10-16H2,1-5H3,(H2,29,31,38). The first-order chi connectivity index (χ1) is 18.6. The summed E-state index contributed by atoms with van der Waals surface area (Å²) < 4.78 is 0. The monoisotopic (exact) mass is 553 g/mol. The summed E-state index contributed by atoms with van der Waals surface area (Å²) in [5.41, 5.74) is 0.711. The van der Waals surface area contributed by atoms with Gasteiger partial charge >= 0.3 is 6.03 Å². The van der Waals surface area contributed by atoms with Crippen molar-refractivity contribution in [3.05, 3.63) is 23.4 Å². The molecule has 0 radical (unpaired) electrons. The molecule has 2 N–H and O–H groups in total. The van der Waals surface area contributed by atoms with E-state index in [1.165, 1.54) is 11.3 Å². The van der Waals surface area contributed by atoms with Crippen LogP contribution in [0.3, 0.4) is 0 Å². The Morgan fingerprint density at radius 1 is 1.18 bits per heavy atom. The van der Waals surface area contributed by atoms with Crippen molar-refractivity contribution in [2.24, 2.45) is 4.99 Å². The van der Waals surface area contributed by atoms with Gasteiger partial charge in [-0.25, -0.2) is 9.78 Å². The molecule has 0 bridgehead atoms. The first-order valence-electron chi connectivity index (χ1n) is 14.0. The largest absolute Gasteiger partial charge is 0.338 e. The van der Waals surface area contributed by atoms with Crippen LogP contribution in [0.15, 0.2) is 17.1 Å². The number of nitrogens with zero attached hydrogens (tertiary/aromatic N) is 5. The highest BCUT2D eigenvalue weighted by atomic mass is 32.1. The van der Waals surface area contributed by atoms with Gasteiger partial charge in [0.15, 0.2) is 5.54 Å².